The molecule has 1 rings (SSSR count). The third-order valence-corrected chi connectivity index (χ3v) is 4.83. The SMILES string of the molecule is CCN(CC)CCCNC1CCCCC1C(C)(C)C. The van der Waals surface area contributed by atoms with Crippen LogP contribution in [-0.2, 0) is 0 Å². The monoisotopic (exact) mass is 268 g/mol. The molecule has 1 saturated carbocycles. The van der Waals surface area contributed by atoms with Crippen LogP contribution in [0, 0.1) is 11.3 Å². The van der Waals surface area contributed by atoms with Gasteiger partial charge in [-0.05, 0) is 56.8 Å². The summed E-state index contributed by atoms with van der Waals surface area (Å²) in [5.74, 6) is 0.856. The third kappa shape index (κ3) is 5.83. The van der Waals surface area contributed by atoms with Crippen LogP contribution >= 0.6 is 0 Å². The normalized spacial score (nSPS) is 24.9. The van der Waals surface area contributed by atoms with E-state index in [2.05, 4.69) is 44.8 Å². The number of nitrogens with zero attached hydrogens (tertiary/aromatic N) is 1. The van der Waals surface area contributed by atoms with Crippen molar-refractivity contribution in [3.8, 4) is 0 Å². The molecule has 0 bridgehead atoms. The van der Waals surface area contributed by atoms with Gasteiger partial charge in [0, 0.05) is 6.04 Å². The van der Waals surface area contributed by atoms with E-state index in [1.54, 1.807) is 0 Å². The number of nitrogens with one attached hydrogen (secondary N) is 1. The molecule has 0 saturated heterocycles. The van der Waals surface area contributed by atoms with Gasteiger partial charge >= 0.3 is 0 Å². The number of hydrogen-bond acceptors (Lipinski definition) is 2. The van der Waals surface area contributed by atoms with E-state index >= 15 is 0 Å². The molecule has 2 unspecified atom stereocenters. The molecule has 1 fully saturated rings. The molecule has 0 spiro atoms. The summed E-state index contributed by atoms with van der Waals surface area (Å²) in [7, 11) is 0. The summed E-state index contributed by atoms with van der Waals surface area (Å²) in [5.41, 5.74) is 0.455. The van der Waals surface area contributed by atoms with Crippen molar-refractivity contribution < 1.29 is 0 Å². The Morgan fingerprint density at radius 3 is 2.26 bits per heavy atom. The maximum absolute atomic E-state index is 3.86. The summed E-state index contributed by atoms with van der Waals surface area (Å²) in [4.78, 5) is 2.52. The Balaban J connectivity index is 2.30. The van der Waals surface area contributed by atoms with Crippen molar-refractivity contribution in [3.63, 3.8) is 0 Å². The van der Waals surface area contributed by atoms with E-state index in [9.17, 15) is 0 Å². The Bertz CT molecular complexity index is 228. The van der Waals surface area contributed by atoms with E-state index in [-0.39, 0.29) is 0 Å². The lowest BCUT2D eigenvalue weighted by molar-refractivity contribution is 0.130. The lowest BCUT2D eigenvalue weighted by Crippen LogP contribution is -2.45. The summed E-state index contributed by atoms with van der Waals surface area (Å²) < 4.78 is 0. The molecule has 1 N–H and O–H groups in total. The molecule has 0 aromatic carbocycles. The smallest absolute Gasteiger partial charge is 0.0100 e. The highest BCUT2D eigenvalue weighted by atomic mass is 15.1. The molecule has 0 heterocycles. The van der Waals surface area contributed by atoms with Gasteiger partial charge in [0.25, 0.3) is 0 Å². The van der Waals surface area contributed by atoms with E-state index in [0.717, 1.165) is 12.0 Å². The zero-order valence-corrected chi connectivity index (χ0v) is 14.0. The summed E-state index contributed by atoms with van der Waals surface area (Å²) in [5, 5.41) is 3.86. The molecule has 0 amide bonds. The first-order valence-corrected chi connectivity index (χ1v) is 8.44. The van der Waals surface area contributed by atoms with Crippen LogP contribution in [0.1, 0.15) is 66.7 Å². The second-order valence-electron chi connectivity index (χ2n) is 7.20. The molecule has 0 aliphatic heterocycles. The lowest BCUT2D eigenvalue weighted by atomic mass is 9.69. The van der Waals surface area contributed by atoms with Gasteiger partial charge in [-0.25, -0.2) is 0 Å². The van der Waals surface area contributed by atoms with Crippen molar-refractivity contribution in [2.75, 3.05) is 26.2 Å². The first-order valence-electron chi connectivity index (χ1n) is 8.44. The molecular weight excluding hydrogens is 232 g/mol. The van der Waals surface area contributed by atoms with E-state index in [0.29, 0.717) is 5.41 Å². The van der Waals surface area contributed by atoms with Gasteiger partial charge < -0.3 is 10.2 Å². The minimum Gasteiger partial charge on any atom is -0.314 e. The molecule has 0 radical (unpaired) electrons. The standard InChI is InChI=1S/C17H36N2/c1-6-19(7-2)14-10-13-18-16-12-9-8-11-15(16)17(3,4)5/h15-16,18H,6-14H2,1-5H3. The predicted molar refractivity (Wildman–Crippen MR) is 85.6 cm³/mol. The molecule has 0 aromatic heterocycles. The van der Waals surface area contributed by atoms with Crippen molar-refractivity contribution in [2.45, 2.75) is 72.8 Å². The maximum atomic E-state index is 3.86. The topological polar surface area (TPSA) is 15.3 Å². The molecule has 114 valence electrons. The minimum absolute atomic E-state index is 0.455. The Morgan fingerprint density at radius 1 is 1.05 bits per heavy atom. The van der Waals surface area contributed by atoms with Crippen LogP contribution in [0.2, 0.25) is 0 Å². The fraction of sp³-hybridized carbons (Fsp3) is 1.00. The van der Waals surface area contributed by atoms with E-state index in [1.807, 2.05) is 0 Å². The van der Waals surface area contributed by atoms with Crippen molar-refractivity contribution in [1.82, 2.24) is 10.2 Å². The van der Waals surface area contributed by atoms with E-state index < -0.39 is 0 Å². The molecular formula is C17H36N2. The van der Waals surface area contributed by atoms with Gasteiger partial charge in [-0.15, -0.1) is 0 Å². The average molecular weight is 268 g/mol. The maximum Gasteiger partial charge on any atom is 0.0100 e. The van der Waals surface area contributed by atoms with Crippen LogP contribution < -0.4 is 5.32 Å². The van der Waals surface area contributed by atoms with Crippen LogP contribution in [0.5, 0.6) is 0 Å². The molecule has 1 aliphatic carbocycles. The molecule has 2 atom stereocenters. The van der Waals surface area contributed by atoms with Crippen LogP contribution in [0.3, 0.4) is 0 Å². The van der Waals surface area contributed by atoms with Gasteiger partial charge in [-0.1, -0.05) is 47.5 Å². The van der Waals surface area contributed by atoms with Crippen molar-refractivity contribution in [1.29, 1.82) is 0 Å². The van der Waals surface area contributed by atoms with E-state index in [1.165, 1.54) is 58.3 Å². The highest BCUT2D eigenvalue weighted by molar-refractivity contribution is 4.88. The first kappa shape index (κ1) is 17.0. The summed E-state index contributed by atoms with van der Waals surface area (Å²) in [6, 6.07) is 0.755. The Hall–Kier alpha value is -0.0800. The van der Waals surface area contributed by atoms with Crippen LogP contribution in [0.15, 0.2) is 0 Å². The predicted octanol–water partition coefficient (Wildman–Crippen LogP) is 3.91. The Morgan fingerprint density at radius 2 is 1.68 bits per heavy atom. The quantitative estimate of drug-likeness (QED) is 0.704. The van der Waals surface area contributed by atoms with Crippen LogP contribution in [0.25, 0.3) is 0 Å². The molecule has 2 nitrogen and oxygen atoms in total. The van der Waals surface area contributed by atoms with Crippen molar-refractivity contribution >= 4 is 0 Å². The Kier molecular flexibility index (Phi) is 7.38. The van der Waals surface area contributed by atoms with Crippen LogP contribution in [-0.4, -0.2) is 37.1 Å². The second-order valence-corrected chi connectivity index (χ2v) is 7.20. The highest BCUT2D eigenvalue weighted by Gasteiger charge is 2.33. The summed E-state index contributed by atoms with van der Waals surface area (Å²) in [6.45, 7) is 16.5. The van der Waals surface area contributed by atoms with Gasteiger partial charge in [0.2, 0.25) is 0 Å². The minimum atomic E-state index is 0.455. The third-order valence-electron chi connectivity index (χ3n) is 4.83. The molecule has 2 heteroatoms. The lowest BCUT2D eigenvalue weighted by Gasteiger charge is -2.41. The molecule has 1 aliphatic rings. The number of rotatable bonds is 7. The van der Waals surface area contributed by atoms with Gasteiger partial charge in [-0.3, -0.25) is 0 Å². The molecule has 0 aromatic rings. The van der Waals surface area contributed by atoms with Crippen molar-refractivity contribution in [2.24, 2.45) is 11.3 Å². The summed E-state index contributed by atoms with van der Waals surface area (Å²) >= 11 is 0. The second kappa shape index (κ2) is 8.26. The molecule has 19 heavy (non-hydrogen) atoms. The first-order chi connectivity index (χ1) is 8.99. The fourth-order valence-electron chi connectivity index (χ4n) is 3.54. The average Bonchev–Trinajstić information content (AvgIpc) is 2.38. The summed E-state index contributed by atoms with van der Waals surface area (Å²) in [6.07, 6.45) is 6.93. The van der Waals surface area contributed by atoms with Gasteiger partial charge in [0.1, 0.15) is 0 Å². The van der Waals surface area contributed by atoms with E-state index in [4.69, 9.17) is 0 Å². The van der Waals surface area contributed by atoms with Gasteiger partial charge in [0.05, 0.1) is 0 Å². The fourth-order valence-corrected chi connectivity index (χ4v) is 3.54. The number of hydrogen-bond donors (Lipinski definition) is 1. The van der Waals surface area contributed by atoms with Crippen molar-refractivity contribution in [3.05, 3.63) is 0 Å². The zero-order chi connectivity index (χ0) is 14.3. The van der Waals surface area contributed by atoms with Crippen LogP contribution in [0.4, 0.5) is 0 Å². The van der Waals surface area contributed by atoms with Gasteiger partial charge in [0.15, 0.2) is 0 Å². The Labute approximate surface area is 121 Å². The zero-order valence-electron chi connectivity index (χ0n) is 14.0. The van der Waals surface area contributed by atoms with Gasteiger partial charge in [-0.2, -0.15) is 0 Å². The largest absolute Gasteiger partial charge is 0.314 e. The highest BCUT2D eigenvalue weighted by Crippen LogP contribution is 2.37.